The third kappa shape index (κ3) is 1.42. The van der Waals surface area contributed by atoms with Crippen LogP contribution in [-0.4, -0.2) is 16.8 Å². The molecule has 5 rings (SSSR count). The van der Waals surface area contributed by atoms with Gasteiger partial charge in [0.25, 0.3) is 0 Å². The molecule has 1 aromatic heterocycles. The quantitative estimate of drug-likeness (QED) is 0.821. The van der Waals surface area contributed by atoms with Crippen molar-refractivity contribution in [1.82, 2.24) is 10.3 Å². The van der Waals surface area contributed by atoms with Crippen molar-refractivity contribution < 1.29 is 9.59 Å². The third-order valence-corrected chi connectivity index (χ3v) is 6.08. The molecule has 4 nitrogen and oxygen atoms in total. The SMILES string of the molecule is O=C1NC(=O)C2C3CC(C=C3c3nc4ccccc4s3)C12. The highest BCUT2D eigenvalue weighted by atomic mass is 32.1. The van der Waals surface area contributed by atoms with Crippen LogP contribution in [0.5, 0.6) is 0 Å². The van der Waals surface area contributed by atoms with Crippen LogP contribution < -0.4 is 5.32 Å². The number of nitrogens with zero attached hydrogens (tertiary/aromatic N) is 1. The molecule has 1 N–H and O–H groups in total. The van der Waals surface area contributed by atoms with Crippen molar-refractivity contribution in [2.75, 3.05) is 0 Å². The zero-order valence-electron chi connectivity index (χ0n) is 11.1. The van der Waals surface area contributed by atoms with Crippen LogP contribution in [0, 0.1) is 23.7 Å². The molecule has 2 aromatic rings. The van der Waals surface area contributed by atoms with E-state index in [-0.39, 0.29) is 35.5 Å². The number of hydrogen-bond acceptors (Lipinski definition) is 4. The van der Waals surface area contributed by atoms with Gasteiger partial charge in [0, 0.05) is 0 Å². The summed E-state index contributed by atoms with van der Waals surface area (Å²) in [5.74, 6) is -0.128. The maximum Gasteiger partial charge on any atom is 0.231 e. The molecule has 4 atom stereocenters. The fraction of sp³-hybridized carbons (Fsp3) is 0.312. The number of thiazole rings is 1. The lowest BCUT2D eigenvalue weighted by Crippen LogP contribution is -2.25. The average molecular weight is 296 g/mol. The summed E-state index contributed by atoms with van der Waals surface area (Å²) in [5.41, 5.74) is 2.18. The van der Waals surface area contributed by atoms with Crippen LogP contribution in [0.2, 0.25) is 0 Å². The fourth-order valence-electron chi connectivity index (χ4n) is 4.17. The van der Waals surface area contributed by atoms with E-state index in [4.69, 9.17) is 4.98 Å². The second kappa shape index (κ2) is 3.80. The fourth-order valence-corrected chi connectivity index (χ4v) is 5.22. The lowest BCUT2D eigenvalue weighted by atomic mass is 9.81. The van der Waals surface area contributed by atoms with Crippen molar-refractivity contribution in [3.63, 3.8) is 0 Å². The third-order valence-electron chi connectivity index (χ3n) is 4.99. The molecule has 2 bridgehead atoms. The van der Waals surface area contributed by atoms with Crippen LogP contribution in [0.1, 0.15) is 11.4 Å². The Labute approximate surface area is 124 Å². The molecule has 104 valence electrons. The largest absolute Gasteiger partial charge is 0.296 e. The van der Waals surface area contributed by atoms with Gasteiger partial charge in [-0.1, -0.05) is 18.2 Å². The van der Waals surface area contributed by atoms with Crippen LogP contribution in [0.25, 0.3) is 15.8 Å². The first kappa shape index (κ1) is 11.6. The topological polar surface area (TPSA) is 59.1 Å². The van der Waals surface area contributed by atoms with Gasteiger partial charge in [0.15, 0.2) is 0 Å². The zero-order valence-corrected chi connectivity index (χ0v) is 11.9. The molecule has 1 aromatic carbocycles. The zero-order chi connectivity index (χ0) is 14.1. The van der Waals surface area contributed by atoms with Crippen LogP contribution in [0.4, 0.5) is 0 Å². The van der Waals surface area contributed by atoms with E-state index in [1.165, 1.54) is 10.3 Å². The summed E-state index contributed by atoms with van der Waals surface area (Å²) in [6.07, 6.45) is 3.10. The van der Waals surface area contributed by atoms with Gasteiger partial charge < -0.3 is 0 Å². The van der Waals surface area contributed by atoms with E-state index in [1.54, 1.807) is 11.3 Å². The second-order valence-corrected chi connectivity index (χ2v) is 7.05. The van der Waals surface area contributed by atoms with Gasteiger partial charge in [-0.15, -0.1) is 11.3 Å². The van der Waals surface area contributed by atoms with Crippen LogP contribution in [-0.2, 0) is 9.59 Å². The maximum atomic E-state index is 12.0. The summed E-state index contributed by atoms with van der Waals surface area (Å²) in [5, 5.41) is 3.50. The highest BCUT2D eigenvalue weighted by Gasteiger charge is 2.58. The summed E-state index contributed by atoms with van der Waals surface area (Å²) in [6, 6.07) is 8.08. The minimum atomic E-state index is -0.172. The number of carbonyl (C=O) groups excluding carboxylic acids is 2. The molecule has 2 amide bonds. The summed E-state index contributed by atoms with van der Waals surface area (Å²) in [7, 11) is 0. The monoisotopic (exact) mass is 296 g/mol. The number of amides is 2. The lowest BCUT2D eigenvalue weighted by molar-refractivity contribution is -0.126. The van der Waals surface area contributed by atoms with E-state index < -0.39 is 0 Å². The normalized spacial score (nSPS) is 33.4. The van der Waals surface area contributed by atoms with Crippen LogP contribution >= 0.6 is 11.3 Å². The molecule has 2 aliphatic carbocycles. The number of allylic oxidation sites excluding steroid dienone is 2. The van der Waals surface area contributed by atoms with E-state index >= 15 is 0 Å². The van der Waals surface area contributed by atoms with Crippen molar-refractivity contribution in [2.45, 2.75) is 6.42 Å². The van der Waals surface area contributed by atoms with Gasteiger partial charge in [-0.2, -0.15) is 0 Å². The van der Waals surface area contributed by atoms with Crippen molar-refractivity contribution in [2.24, 2.45) is 23.7 Å². The summed E-state index contributed by atoms with van der Waals surface area (Å²) in [4.78, 5) is 28.6. The number of nitrogens with one attached hydrogen (secondary N) is 1. The predicted molar refractivity (Wildman–Crippen MR) is 79.3 cm³/mol. The number of imide groups is 1. The van der Waals surface area contributed by atoms with Gasteiger partial charge in [-0.3, -0.25) is 14.9 Å². The van der Waals surface area contributed by atoms with Gasteiger partial charge in [0.1, 0.15) is 5.01 Å². The van der Waals surface area contributed by atoms with E-state index in [9.17, 15) is 9.59 Å². The minimum Gasteiger partial charge on any atom is -0.296 e. The Morgan fingerprint density at radius 2 is 1.95 bits per heavy atom. The predicted octanol–water partition coefficient (Wildman–Crippen LogP) is 2.22. The number of para-hydroxylation sites is 1. The Morgan fingerprint density at radius 3 is 2.81 bits per heavy atom. The van der Waals surface area contributed by atoms with Crippen LogP contribution in [0.3, 0.4) is 0 Å². The Hall–Kier alpha value is -2.01. The molecule has 2 fully saturated rings. The number of benzene rings is 1. The molecule has 0 radical (unpaired) electrons. The Kier molecular flexibility index (Phi) is 2.10. The maximum absolute atomic E-state index is 12.0. The van der Waals surface area contributed by atoms with Crippen LogP contribution in [0.15, 0.2) is 30.3 Å². The molecule has 2 heterocycles. The molecule has 0 spiro atoms. The average Bonchev–Trinajstić information content (AvgIpc) is 3.20. The number of rotatable bonds is 1. The Bertz CT molecular complexity index is 805. The van der Waals surface area contributed by atoms with Gasteiger partial charge in [-0.05, 0) is 36.0 Å². The number of fused-ring (bicyclic) bond motifs is 6. The van der Waals surface area contributed by atoms with Gasteiger partial charge in [0.05, 0.1) is 22.1 Å². The first-order valence-corrected chi connectivity index (χ1v) is 7.96. The number of carbonyl (C=O) groups is 2. The second-order valence-electron chi connectivity index (χ2n) is 6.02. The first-order valence-electron chi connectivity index (χ1n) is 7.15. The number of hydrogen-bond donors (Lipinski definition) is 1. The van der Waals surface area contributed by atoms with Crippen molar-refractivity contribution in [3.8, 4) is 0 Å². The molecule has 1 saturated carbocycles. The molecule has 21 heavy (non-hydrogen) atoms. The Balaban J connectivity index is 1.61. The van der Waals surface area contributed by atoms with Crippen molar-refractivity contribution >= 4 is 38.9 Å². The van der Waals surface area contributed by atoms with E-state index in [0.717, 1.165) is 16.9 Å². The summed E-state index contributed by atoms with van der Waals surface area (Å²) >= 11 is 1.67. The molecular formula is C16H12N2O2S. The van der Waals surface area contributed by atoms with Gasteiger partial charge >= 0.3 is 0 Å². The first-order chi connectivity index (χ1) is 10.2. The standard InChI is InChI=1S/C16H12N2O2S/c19-14-12-7-5-8(13(12)15(20)18-14)9(6-7)16-17-10-3-1-2-4-11(10)21-16/h1-4,6-8,12-13H,5H2,(H,18,19,20). The minimum absolute atomic E-state index is 0.0860. The summed E-state index contributed by atoms with van der Waals surface area (Å²) in [6.45, 7) is 0. The van der Waals surface area contributed by atoms with E-state index in [2.05, 4.69) is 17.5 Å². The molecule has 4 unspecified atom stereocenters. The van der Waals surface area contributed by atoms with Crippen molar-refractivity contribution in [3.05, 3.63) is 35.3 Å². The van der Waals surface area contributed by atoms with Gasteiger partial charge in [-0.25, -0.2) is 4.98 Å². The molecule has 5 heteroatoms. The van der Waals surface area contributed by atoms with Gasteiger partial charge in [0.2, 0.25) is 11.8 Å². The smallest absolute Gasteiger partial charge is 0.231 e. The molecule has 3 aliphatic rings. The van der Waals surface area contributed by atoms with E-state index in [1.807, 2.05) is 18.2 Å². The Morgan fingerprint density at radius 1 is 1.14 bits per heavy atom. The van der Waals surface area contributed by atoms with E-state index in [0.29, 0.717) is 0 Å². The molecular weight excluding hydrogens is 284 g/mol. The highest BCUT2D eigenvalue weighted by molar-refractivity contribution is 7.19. The summed E-state index contributed by atoms with van der Waals surface area (Å²) < 4.78 is 1.17. The lowest BCUT2D eigenvalue weighted by Gasteiger charge is -2.20. The van der Waals surface area contributed by atoms with Crippen molar-refractivity contribution in [1.29, 1.82) is 0 Å². The molecule has 1 saturated heterocycles. The highest BCUT2D eigenvalue weighted by Crippen LogP contribution is 2.56. The number of aromatic nitrogens is 1. The molecule has 1 aliphatic heterocycles.